The van der Waals surface area contributed by atoms with Crippen LogP contribution in [-0.2, 0) is 0 Å². The molecule has 0 bridgehead atoms. The third-order valence-corrected chi connectivity index (χ3v) is 5.70. The lowest BCUT2D eigenvalue weighted by molar-refractivity contribution is 0.0713. The van der Waals surface area contributed by atoms with E-state index in [-0.39, 0.29) is 24.4 Å². The molecule has 5 heteroatoms. The van der Waals surface area contributed by atoms with Crippen LogP contribution in [0.1, 0.15) is 27.5 Å². The van der Waals surface area contributed by atoms with E-state index < -0.39 is 0 Å². The predicted octanol–water partition coefficient (Wildman–Crippen LogP) is 3.46. The van der Waals surface area contributed by atoms with Gasteiger partial charge >= 0.3 is 0 Å². The van der Waals surface area contributed by atoms with Gasteiger partial charge in [0, 0.05) is 36.7 Å². The first kappa shape index (κ1) is 18.7. The van der Waals surface area contributed by atoms with Gasteiger partial charge in [0.2, 0.25) is 0 Å². The molecule has 2 fully saturated rings. The van der Waals surface area contributed by atoms with Gasteiger partial charge in [0.05, 0.1) is 13.2 Å². The van der Waals surface area contributed by atoms with Crippen molar-refractivity contribution < 1.29 is 9.53 Å². The third kappa shape index (κ3) is 3.08. The average molecular weight is 373 g/mol. The molecule has 0 unspecified atom stereocenters. The zero-order chi connectivity index (χ0) is 17.4. The van der Waals surface area contributed by atoms with Crippen LogP contribution >= 0.6 is 12.4 Å². The van der Waals surface area contributed by atoms with Gasteiger partial charge in [-0.2, -0.15) is 0 Å². The van der Waals surface area contributed by atoms with Crippen molar-refractivity contribution in [2.45, 2.75) is 13.0 Å². The number of rotatable bonds is 3. The van der Waals surface area contributed by atoms with Gasteiger partial charge in [-0.15, -0.1) is 12.4 Å². The maximum absolute atomic E-state index is 13.4. The van der Waals surface area contributed by atoms with Gasteiger partial charge in [0.15, 0.2) is 0 Å². The van der Waals surface area contributed by atoms with Crippen LogP contribution in [0.15, 0.2) is 48.5 Å². The number of fused-ring (bicyclic) bond motifs is 1. The zero-order valence-electron chi connectivity index (χ0n) is 15.1. The Morgan fingerprint density at radius 3 is 2.62 bits per heavy atom. The van der Waals surface area contributed by atoms with Crippen molar-refractivity contribution in [1.29, 1.82) is 0 Å². The van der Waals surface area contributed by atoms with E-state index >= 15 is 0 Å². The number of benzene rings is 2. The summed E-state index contributed by atoms with van der Waals surface area (Å²) < 4.78 is 5.40. The van der Waals surface area contributed by atoms with Gasteiger partial charge in [-0.1, -0.05) is 36.4 Å². The summed E-state index contributed by atoms with van der Waals surface area (Å²) in [5, 5.41) is 3.49. The lowest BCUT2D eigenvalue weighted by Gasteiger charge is -2.29. The van der Waals surface area contributed by atoms with Crippen LogP contribution in [0.25, 0.3) is 0 Å². The van der Waals surface area contributed by atoms with Gasteiger partial charge in [0.1, 0.15) is 5.75 Å². The van der Waals surface area contributed by atoms with Crippen LogP contribution in [0.3, 0.4) is 0 Å². The molecule has 1 amide bonds. The second kappa shape index (κ2) is 7.68. The van der Waals surface area contributed by atoms with Crippen molar-refractivity contribution in [2.24, 2.45) is 11.8 Å². The van der Waals surface area contributed by atoms with E-state index in [1.54, 1.807) is 7.11 Å². The van der Waals surface area contributed by atoms with E-state index in [0.29, 0.717) is 11.8 Å². The molecule has 4 nitrogen and oxygen atoms in total. The summed E-state index contributed by atoms with van der Waals surface area (Å²) in [6.45, 7) is 4.74. The van der Waals surface area contributed by atoms with Gasteiger partial charge in [-0.25, -0.2) is 0 Å². The second-order valence-electron chi connectivity index (χ2n) is 7.03. The van der Waals surface area contributed by atoms with E-state index in [0.717, 1.165) is 36.5 Å². The highest BCUT2D eigenvalue weighted by molar-refractivity contribution is 5.96. The van der Waals surface area contributed by atoms with Crippen molar-refractivity contribution in [3.8, 4) is 5.75 Å². The minimum Gasteiger partial charge on any atom is -0.496 e. The summed E-state index contributed by atoms with van der Waals surface area (Å²) in [5.74, 6) is 1.89. The summed E-state index contributed by atoms with van der Waals surface area (Å²) >= 11 is 0. The molecule has 4 rings (SSSR count). The molecule has 0 aromatic heterocycles. The monoisotopic (exact) mass is 372 g/mol. The number of nitrogens with one attached hydrogen (secondary N) is 1. The molecule has 2 aromatic rings. The van der Waals surface area contributed by atoms with Crippen LogP contribution in [-0.4, -0.2) is 37.6 Å². The first-order valence-electron chi connectivity index (χ1n) is 8.91. The number of hydrogen-bond donors (Lipinski definition) is 1. The van der Waals surface area contributed by atoms with Crippen molar-refractivity contribution in [2.75, 3.05) is 26.7 Å². The number of methoxy groups -OCH3 is 1. The number of amides is 1. The number of carbonyl (C=O) groups excluding carboxylic acids is 1. The Kier molecular flexibility index (Phi) is 5.54. The summed E-state index contributed by atoms with van der Waals surface area (Å²) in [7, 11) is 1.65. The molecular formula is C21H25ClN2O2. The lowest BCUT2D eigenvalue weighted by atomic mass is 9.89. The molecule has 26 heavy (non-hydrogen) atoms. The van der Waals surface area contributed by atoms with Crippen molar-refractivity contribution in [1.82, 2.24) is 10.2 Å². The Morgan fingerprint density at radius 2 is 1.88 bits per heavy atom. The largest absolute Gasteiger partial charge is 0.496 e. The molecule has 3 atom stereocenters. The molecule has 0 saturated carbocycles. The molecule has 0 spiro atoms. The van der Waals surface area contributed by atoms with E-state index in [4.69, 9.17) is 4.74 Å². The summed E-state index contributed by atoms with van der Waals surface area (Å²) in [5.41, 5.74) is 2.89. The molecule has 1 N–H and O–H groups in total. The van der Waals surface area contributed by atoms with E-state index in [9.17, 15) is 4.79 Å². The molecule has 2 aliphatic rings. The number of ether oxygens (including phenoxy) is 1. The maximum Gasteiger partial charge on any atom is 0.254 e. The average Bonchev–Trinajstić information content (AvgIpc) is 3.23. The predicted molar refractivity (Wildman–Crippen MR) is 105 cm³/mol. The SMILES string of the molecule is COc1cccc(C(=O)N2C[C@@H]3CNC[C@@H]3[C@@H]2c2ccccc2)c1C.Cl. The molecule has 0 aliphatic carbocycles. The molecule has 2 aliphatic heterocycles. The Bertz CT molecular complexity index is 781. The van der Waals surface area contributed by atoms with E-state index in [2.05, 4.69) is 34.5 Å². The highest BCUT2D eigenvalue weighted by Crippen LogP contribution is 2.43. The summed E-state index contributed by atoms with van der Waals surface area (Å²) in [6.07, 6.45) is 0. The Balaban J connectivity index is 0.00000196. The van der Waals surface area contributed by atoms with Gasteiger partial charge in [-0.05, 0) is 30.5 Å². The summed E-state index contributed by atoms with van der Waals surface area (Å²) in [6, 6.07) is 16.3. The summed E-state index contributed by atoms with van der Waals surface area (Å²) in [4.78, 5) is 15.5. The van der Waals surface area contributed by atoms with Gasteiger partial charge in [0.25, 0.3) is 5.91 Å². The number of halogens is 1. The molecule has 2 aromatic carbocycles. The van der Waals surface area contributed by atoms with E-state index in [1.165, 1.54) is 5.56 Å². The number of carbonyl (C=O) groups is 1. The molecular weight excluding hydrogens is 348 g/mol. The lowest BCUT2D eigenvalue weighted by Crippen LogP contribution is -2.35. The zero-order valence-corrected chi connectivity index (χ0v) is 16.0. The van der Waals surface area contributed by atoms with Crippen molar-refractivity contribution in [3.05, 3.63) is 65.2 Å². The number of nitrogens with zero attached hydrogens (tertiary/aromatic N) is 1. The fourth-order valence-corrected chi connectivity index (χ4v) is 4.43. The molecule has 0 radical (unpaired) electrons. The third-order valence-electron chi connectivity index (χ3n) is 5.70. The molecule has 2 saturated heterocycles. The Hall–Kier alpha value is -2.04. The topological polar surface area (TPSA) is 41.6 Å². The van der Waals surface area contributed by atoms with Gasteiger partial charge < -0.3 is 15.0 Å². The Morgan fingerprint density at radius 1 is 1.12 bits per heavy atom. The van der Waals surface area contributed by atoms with Crippen LogP contribution in [0.5, 0.6) is 5.75 Å². The first-order valence-corrected chi connectivity index (χ1v) is 8.91. The van der Waals surface area contributed by atoms with E-state index in [1.807, 2.05) is 31.2 Å². The van der Waals surface area contributed by atoms with Gasteiger partial charge in [-0.3, -0.25) is 4.79 Å². The molecule has 138 valence electrons. The number of hydrogen-bond acceptors (Lipinski definition) is 3. The molecule has 2 heterocycles. The van der Waals surface area contributed by atoms with Crippen LogP contribution < -0.4 is 10.1 Å². The minimum absolute atomic E-state index is 0. The first-order chi connectivity index (χ1) is 12.2. The smallest absolute Gasteiger partial charge is 0.254 e. The van der Waals surface area contributed by atoms with Crippen LogP contribution in [0.4, 0.5) is 0 Å². The highest BCUT2D eigenvalue weighted by atomic mass is 35.5. The van der Waals surface area contributed by atoms with Crippen LogP contribution in [0, 0.1) is 18.8 Å². The highest BCUT2D eigenvalue weighted by Gasteiger charge is 2.47. The van der Waals surface area contributed by atoms with Crippen LogP contribution in [0.2, 0.25) is 0 Å². The minimum atomic E-state index is 0. The van der Waals surface area contributed by atoms with Crippen molar-refractivity contribution in [3.63, 3.8) is 0 Å². The standard InChI is InChI=1S/C21H24N2O2.ClH/c1-14-17(9-6-10-19(14)25-2)21(24)23-13-16-11-22-12-18(16)20(23)15-7-4-3-5-8-15;/h3-10,16,18,20,22H,11-13H2,1-2H3;1H/t16-,18-,20-;/m0./s1. The van der Waals surface area contributed by atoms with Crippen molar-refractivity contribution >= 4 is 18.3 Å². The quantitative estimate of drug-likeness (QED) is 0.897. The Labute approximate surface area is 160 Å². The fourth-order valence-electron chi connectivity index (χ4n) is 4.43. The second-order valence-corrected chi connectivity index (χ2v) is 7.03. The maximum atomic E-state index is 13.4. The number of likely N-dealkylation sites (tertiary alicyclic amines) is 1. The normalized spacial score (nSPS) is 24.1. The fraction of sp³-hybridized carbons (Fsp3) is 0.381.